The molecule has 1 saturated carbocycles. The van der Waals surface area contributed by atoms with Crippen molar-refractivity contribution < 1.29 is 4.74 Å². The van der Waals surface area contributed by atoms with Gasteiger partial charge in [-0.05, 0) is 63.3 Å². The van der Waals surface area contributed by atoms with Crippen LogP contribution in [0.5, 0.6) is 0 Å². The molecule has 0 spiro atoms. The van der Waals surface area contributed by atoms with Gasteiger partial charge >= 0.3 is 0 Å². The standard InChI is InChI=1S/C15H27NO/c1-2-8-15(14-4-5-14,16-9-3-1)12-13-6-10-17-11-7-13/h13-14,16H,1-12H2. The highest BCUT2D eigenvalue weighted by molar-refractivity contribution is 5.02. The smallest absolute Gasteiger partial charge is 0.0468 e. The van der Waals surface area contributed by atoms with Crippen molar-refractivity contribution in [2.45, 2.75) is 63.3 Å². The van der Waals surface area contributed by atoms with Gasteiger partial charge in [-0.15, -0.1) is 0 Å². The van der Waals surface area contributed by atoms with Crippen molar-refractivity contribution >= 4 is 0 Å². The Morgan fingerprint density at radius 3 is 2.59 bits per heavy atom. The Hall–Kier alpha value is -0.0800. The first kappa shape index (κ1) is 12.0. The summed E-state index contributed by atoms with van der Waals surface area (Å²) in [5.41, 5.74) is 0.526. The van der Waals surface area contributed by atoms with Crippen molar-refractivity contribution in [3.8, 4) is 0 Å². The molecule has 0 bridgehead atoms. The van der Waals surface area contributed by atoms with Crippen LogP contribution >= 0.6 is 0 Å². The molecule has 2 saturated heterocycles. The molecule has 0 radical (unpaired) electrons. The van der Waals surface area contributed by atoms with Crippen LogP contribution in [0.1, 0.15) is 57.8 Å². The molecule has 1 N–H and O–H groups in total. The Bertz CT molecular complexity index is 235. The van der Waals surface area contributed by atoms with Crippen LogP contribution in [-0.4, -0.2) is 25.3 Å². The molecule has 1 aliphatic carbocycles. The van der Waals surface area contributed by atoms with Gasteiger partial charge in [-0.1, -0.05) is 12.8 Å². The normalized spacial score (nSPS) is 36.7. The highest BCUT2D eigenvalue weighted by Crippen LogP contribution is 2.47. The fraction of sp³-hybridized carbons (Fsp3) is 1.00. The van der Waals surface area contributed by atoms with E-state index >= 15 is 0 Å². The fourth-order valence-electron chi connectivity index (χ4n) is 3.96. The third kappa shape index (κ3) is 2.85. The van der Waals surface area contributed by atoms with E-state index in [9.17, 15) is 0 Å². The summed E-state index contributed by atoms with van der Waals surface area (Å²) < 4.78 is 5.50. The van der Waals surface area contributed by atoms with Crippen LogP contribution < -0.4 is 5.32 Å². The van der Waals surface area contributed by atoms with Gasteiger partial charge in [0, 0.05) is 18.8 Å². The van der Waals surface area contributed by atoms with Gasteiger partial charge in [-0.25, -0.2) is 0 Å². The van der Waals surface area contributed by atoms with E-state index in [1.54, 1.807) is 0 Å². The zero-order valence-corrected chi connectivity index (χ0v) is 11.0. The summed E-state index contributed by atoms with van der Waals surface area (Å²) in [6.07, 6.45) is 12.7. The molecular weight excluding hydrogens is 210 g/mol. The molecule has 3 rings (SSSR count). The van der Waals surface area contributed by atoms with Gasteiger partial charge in [0.1, 0.15) is 0 Å². The Morgan fingerprint density at radius 1 is 1.00 bits per heavy atom. The molecule has 17 heavy (non-hydrogen) atoms. The summed E-state index contributed by atoms with van der Waals surface area (Å²) in [7, 11) is 0. The lowest BCUT2D eigenvalue weighted by molar-refractivity contribution is 0.0493. The minimum atomic E-state index is 0.526. The van der Waals surface area contributed by atoms with Crippen LogP contribution in [0.4, 0.5) is 0 Å². The molecule has 98 valence electrons. The molecule has 3 fully saturated rings. The molecule has 2 nitrogen and oxygen atoms in total. The first-order valence-electron chi connectivity index (χ1n) is 7.72. The second-order valence-corrected chi connectivity index (χ2v) is 6.43. The van der Waals surface area contributed by atoms with Gasteiger partial charge in [-0.3, -0.25) is 0 Å². The lowest BCUT2D eigenvalue weighted by atomic mass is 9.77. The van der Waals surface area contributed by atoms with Gasteiger partial charge in [0.2, 0.25) is 0 Å². The minimum Gasteiger partial charge on any atom is -0.381 e. The maximum atomic E-state index is 5.50. The van der Waals surface area contributed by atoms with Crippen molar-refractivity contribution in [1.82, 2.24) is 5.32 Å². The summed E-state index contributed by atoms with van der Waals surface area (Å²) >= 11 is 0. The van der Waals surface area contributed by atoms with Gasteiger partial charge in [-0.2, -0.15) is 0 Å². The summed E-state index contributed by atoms with van der Waals surface area (Å²) in [6.45, 7) is 3.27. The Morgan fingerprint density at radius 2 is 1.82 bits per heavy atom. The first-order valence-corrected chi connectivity index (χ1v) is 7.72. The fourth-order valence-corrected chi connectivity index (χ4v) is 3.96. The second-order valence-electron chi connectivity index (χ2n) is 6.43. The average molecular weight is 237 g/mol. The molecule has 2 heteroatoms. The Kier molecular flexibility index (Phi) is 3.72. The molecule has 3 aliphatic rings. The molecule has 0 aromatic rings. The van der Waals surface area contributed by atoms with Crippen LogP contribution in [0.15, 0.2) is 0 Å². The predicted molar refractivity (Wildman–Crippen MR) is 70.1 cm³/mol. The summed E-state index contributed by atoms with van der Waals surface area (Å²) in [5, 5.41) is 3.96. The van der Waals surface area contributed by atoms with Gasteiger partial charge in [0.15, 0.2) is 0 Å². The molecule has 1 unspecified atom stereocenters. The third-order valence-corrected chi connectivity index (χ3v) is 5.13. The number of ether oxygens (including phenoxy) is 1. The molecule has 0 aromatic carbocycles. The van der Waals surface area contributed by atoms with Crippen LogP contribution in [0.2, 0.25) is 0 Å². The highest BCUT2D eigenvalue weighted by atomic mass is 16.5. The van der Waals surface area contributed by atoms with Crippen molar-refractivity contribution in [2.24, 2.45) is 11.8 Å². The maximum absolute atomic E-state index is 5.50. The highest BCUT2D eigenvalue weighted by Gasteiger charge is 2.45. The summed E-state index contributed by atoms with van der Waals surface area (Å²) in [6, 6.07) is 0. The zero-order chi connectivity index (χ0) is 11.6. The monoisotopic (exact) mass is 237 g/mol. The van der Waals surface area contributed by atoms with E-state index in [2.05, 4.69) is 5.32 Å². The van der Waals surface area contributed by atoms with Crippen molar-refractivity contribution in [3.05, 3.63) is 0 Å². The van der Waals surface area contributed by atoms with Crippen molar-refractivity contribution in [2.75, 3.05) is 19.8 Å². The number of nitrogens with one attached hydrogen (secondary N) is 1. The quantitative estimate of drug-likeness (QED) is 0.814. The van der Waals surface area contributed by atoms with E-state index in [4.69, 9.17) is 4.74 Å². The number of hydrogen-bond acceptors (Lipinski definition) is 2. The lowest BCUT2D eigenvalue weighted by Crippen LogP contribution is -2.48. The lowest BCUT2D eigenvalue weighted by Gasteiger charge is -2.38. The van der Waals surface area contributed by atoms with Gasteiger partial charge in [0.25, 0.3) is 0 Å². The maximum Gasteiger partial charge on any atom is 0.0468 e. The molecule has 0 aromatic heterocycles. The minimum absolute atomic E-state index is 0.526. The van der Waals surface area contributed by atoms with Crippen molar-refractivity contribution in [1.29, 1.82) is 0 Å². The number of rotatable bonds is 3. The number of hydrogen-bond donors (Lipinski definition) is 1. The largest absolute Gasteiger partial charge is 0.381 e. The summed E-state index contributed by atoms with van der Waals surface area (Å²) in [5.74, 6) is 1.93. The van der Waals surface area contributed by atoms with Crippen molar-refractivity contribution in [3.63, 3.8) is 0 Å². The Balaban J connectivity index is 1.65. The summed E-state index contributed by atoms with van der Waals surface area (Å²) in [4.78, 5) is 0. The van der Waals surface area contributed by atoms with Crippen LogP contribution in [-0.2, 0) is 4.74 Å². The van der Waals surface area contributed by atoms with Crippen LogP contribution in [0.25, 0.3) is 0 Å². The first-order chi connectivity index (χ1) is 8.39. The molecule has 0 amide bonds. The van der Waals surface area contributed by atoms with E-state index in [0.717, 1.165) is 25.0 Å². The molecule has 1 atom stereocenters. The molecular formula is C15H27NO. The van der Waals surface area contributed by atoms with E-state index in [0.29, 0.717) is 5.54 Å². The topological polar surface area (TPSA) is 21.3 Å². The molecule has 2 aliphatic heterocycles. The van der Waals surface area contributed by atoms with E-state index < -0.39 is 0 Å². The zero-order valence-electron chi connectivity index (χ0n) is 11.0. The SMILES string of the molecule is C1CCNC(CC2CCOCC2)(C2CC2)CC1. The molecule has 2 heterocycles. The van der Waals surface area contributed by atoms with E-state index in [-0.39, 0.29) is 0 Å². The van der Waals surface area contributed by atoms with E-state index in [1.165, 1.54) is 64.3 Å². The van der Waals surface area contributed by atoms with Crippen LogP contribution in [0.3, 0.4) is 0 Å². The Labute approximate surface area is 105 Å². The van der Waals surface area contributed by atoms with E-state index in [1.807, 2.05) is 0 Å². The van der Waals surface area contributed by atoms with Crippen LogP contribution in [0, 0.1) is 11.8 Å². The predicted octanol–water partition coefficient (Wildman–Crippen LogP) is 3.12. The van der Waals surface area contributed by atoms with Gasteiger partial charge in [0.05, 0.1) is 0 Å². The van der Waals surface area contributed by atoms with Gasteiger partial charge < -0.3 is 10.1 Å². The third-order valence-electron chi connectivity index (χ3n) is 5.13. The average Bonchev–Trinajstić information content (AvgIpc) is 3.18. The second kappa shape index (κ2) is 5.27.